The molecule has 0 aliphatic heterocycles. The molecular weight excluding hydrogens is 343 g/mol. The molecule has 0 heterocycles. The molecular formula is C22H41O3P. The first-order valence-electron chi connectivity index (χ1n) is 10.2. The zero-order valence-electron chi connectivity index (χ0n) is 18.0. The summed E-state index contributed by atoms with van der Waals surface area (Å²) in [5.74, 6) is 0.632. The van der Waals surface area contributed by atoms with E-state index >= 15 is 0 Å². The van der Waals surface area contributed by atoms with Gasteiger partial charge >= 0.3 is 161 Å². The number of benzene rings is 1. The summed E-state index contributed by atoms with van der Waals surface area (Å²) in [6.07, 6.45) is 7.07. The van der Waals surface area contributed by atoms with E-state index in [1.165, 1.54) is 24.8 Å². The molecule has 1 rings (SSSR count). The van der Waals surface area contributed by atoms with Crippen LogP contribution in [0, 0.1) is 0 Å². The second kappa shape index (κ2) is 9.53. The van der Waals surface area contributed by atoms with Crippen molar-refractivity contribution in [3.05, 3.63) is 29.3 Å². The molecule has 26 heavy (non-hydrogen) atoms. The van der Waals surface area contributed by atoms with Gasteiger partial charge in [0.15, 0.2) is 0 Å². The molecule has 1 aromatic rings. The molecule has 0 spiro atoms. The van der Waals surface area contributed by atoms with Gasteiger partial charge in [0, 0.05) is 0 Å². The Morgan fingerprint density at radius 2 is 1.42 bits per heavy atom. The third-order valence-corrected chi connectivity index (χ3v) is 6.27. The SMILES string of the molecule is CCCCCCCC[PH](O)(O)Oc1cccc(C(C)(C)C)c1C(C)(C)C. The van der Waals surface area contributed by atoms with Crippen molar-refractivity contribution in [2.45, 2.75) is 97.8 Å². The molecule has 3 nitrogen and oxygen atoms in total. The first kappa shape index (κ1) is 23.4. The molecule has 0 unspecified atom stereocenters. The van der Waals surface area contributed by atoms with E-state index in [1.54, 1.807) is 0 Å². The van der Waals surface area contributed by atoms with Crippen LogP contribution in [0.3, 0.4) is 0 Å². The summed E-state index contributed by atoms with van der Waals surface area (Å²) in [5, 5.41) is 0. The number of rotatable bonds is 9. The molecule has 0 radical (unpaired) electrons. The standard InChI is InChI=1S/C22H41O3P/c1-8-9-10-11-12-13-17-26(23,24)25-19-16-14-15-18(21(2,3)4)20(19)22(5,6)7/h14-16,23-24,26H,8-13,17H2,1-7H3. The first-order valence-corrected chi connectivity index (χ1v) is 12.2. The van der Waals surface area contributed by atoms with Crippen molar-refractivity contribution in [3.63, 3.8) is 0 Å². The van der Waals surface area contributed by atoms with Crippen molar-refractivity contribution in [2.24, 2.45) is 0 Å². The quantitative estimate of drug-likeness (QED) is 0.377. The van der Waals surface area contributed by atoms with Gasteiger partial charge in [0.25, 0.3) is 0 Å². The summed E-state index contributed by atoms with van der Waals surface area (Å²) in [6.45, 7) is 15.2. The number of hydrogen-bond donors (Lipinski definition) is 2. The van der Waals surface area contributed by atoms with Crippen molar-refractivity contribution < 1.29 is 14.3 Å². The van der Waals surface area contributed by atoms with Crippen molar-refractivity contribution in [1.82, 2.24) is 0 Å². The molecule has 0 aliphatic carbocycles. The molecule has 0 fully saturated rings. The Hall–Kier alpha value is -0.630. The Morgan fingerprint density at radius 3 is 1.96 bits per heavy atom. The van der Waals surface area contributed by atoms with Gasteiger partial charge in [-0.3, -0.25) is 0 Å². The minimum absolute atomic E-state index is 0.0314. The van der Waals surface area contributed by atoms with Crippen molar-refractivity contribution in [3.8, 4) is 5.75 Å². The Balaban J connectivity index is 2.91. The fourth-order valence-electron chi connectivity index (χ4n) is 3.38. The predicted octanol–water partition coefficient (Wildman–Crippen LogP) is 6.50. The summed E-state index contributed by atoms with van der Waals surface area (Å²) < 4.78 is 5.87. The average Bonchev–Trinajstić information content (AvgIpc) is 2.48. The zero-order chi connectivity index (χ0) is 20.0. The van der Waals surface area contributed by atoms with Crippen LogP contribution in [0.4, 0.5) is 0 Å². The van der Waals surface area contributed by atoms with Crippen LogP contribution in [0.1, 0.15) is 98.1 Å². The van der Waals surface area contributed by atoms with E-state index in [-0.39, 0.29) is 10.8 Å². The monoisotopic (exact) mass is 384 g/mol. The molecule has 4 heteroatoms. The fraction of sp³-hybridized carbons (Fsp3) is 0.727. The van der Waals surface area contributed by atoms with E-state index in [9.17, 15) is 9.79 Å². The van der Waals surface area contributed by atoms with Crippen LogP contribution in [-0.4, -0.2) is 15.9 Å². The molecule has 0 bridgehead atoms. The molecule has 152 valence electrons. The van der Waals surface area contributed by atoms with Crippen molar-refractivity contribution in [1.29, 1.82) is 0 Å². The van der Waals surface area contributed by atoms with Gasteiger partial charge in [0.1, 0.15) is 0 Å². The van der Waals surface area contributed by atoms with Gasteiger partial charge in [-0.2, -0.15) is 0 Å². The van der Waals surface area contributed by atoms with Crippen LogP contribution < -0.4 is 4.52 Å². The summed E-state index contributed by atoms with van der Waals surface area (Å²) in [5.41, 5.74) is 2.11. The van der Waals surface area contributed by atoms with Crippen LogP contribution in [0.15, 0.2) is 18.2 Å². The average molecular weight is 385 g/mol. The normalized spacial score (nSPS) is 13.7. The van der Waals surface area contributed by atoms with Gasteiger partial charge in [-0.1, -0.05) is 0 Å². The maximum absolute atomic E-state index is 10.5. The molecule has 0 aromatic heterocycles. The van der Waals surface area contributed by atoms with Crippen LogP contribution in [-0.2, 0) is 10.8 Å². The Labute approximate surface area is 161 Å². The molecule has 0 atom stereocenters. The van der Waals surface area contributed by atoms with E-state index in [4.69, 9.17) is 4.52 Å². The molecule has 0 amide bonds. The van der Waals surface area contributed by atoms with Crippen molar-refractivity contribution >= 4 is 7.94 Å². The van der Waals surface area contributed by atoms with E-state index < -0.39 is 7.94 Å². The van der Waals surface area contributed by atoms with Crippen molar-refractivity contribution in [2.75, 3.05) is 6.16 Å². The van der Waals surface area contributed by atoms with Gasteiger partial charge < -0.3 is 0 Å². The van der Waals surface area contributed by atoms with Gasteiger partial charge in [-0.15, -0.1) is 0 Å². The molecule has 0 saturated carbocycles. The Morgan fingerprint density at radius 1 is 0.846 bits per heavy atom. The predicted molar refractivity (Wildman–Crippen MR) is 115 cm³/mol. The number of unbranched alkanes of at least 4 members (excludes halogenated alkanes) is 5. The van der Waals surface area contributed by atoms with E-state index in [0.29, 0.717) is 11.9 Å². The Kier molecular flexibility index (Phi) is 8.58. The van der Waals surface area contributed by atoms with Gasteiger partial charge in [-0.05, 0) is 0 Å². The fourth-order valence-corrected chi connectivity index (χ4v) is 4.71. The van der Waals surface area contributed by atoms with Gasteiger partial charge in [0.05, 0.1) is 0 Å². The number of hydrogen-bond acceptors (Lipinski definition) is 3. The van der Waals surface area contributed by atoms with Crippen LogP contribution in [0.25, 0.3) is 0 Å². The third kappa shape index (κ3) is 7.55. The Bertz CT molecular complexity index is 553. The molecule has 2 N–H and O–H groups in total. The second-order valence-electron chi connectivity index (χ2n) is 9.54. The van der Waals surface area contributed by atoms with Gasteiger partial charge in [0.2, 0.25) is 0 Å². The summed E-state index contributed by atoms with van der Waals surface area (Å²) in [6, 6.07) is 5.96. The third-order valence-electron chi connectivity index (χ3n) is 4.71. The summed E-state index contributed by atoms with van der Waals surface area (Å²) >= 11 is 0. The molecule has 0 saturated heterocycles. The van der Waals surface area contributed by atoms with E-state index in [1.807, 2.05) is 12.1 Å². The van der Waals surface area contributed by atoms with E-state index in [2.05, 4.69) is 54.5 Å². The van der Waals surface area contributed by atoms with Crippen LogP contribution >= 0.6 is 7.94 Å². The molecule has 1 aromatic carbocycles. The summed E-state index contributed by atoms with van der Waals surface area (Å²) in [7, 11) is -3.70. The molecule has 0 aliphatic rings. The maximum atomic E-state index is 10.5. The van der Waals surface area contributed by atoms with E-state index in [0.717, 1.165) is 24.8 Å². The minimum atomic E-state index is -3.70. The van der Waals surface area contributed by atoms with Crippen LogP contribution in [0.2, 0.25) is 0 Å². The zero-order valence-corrected chi connectivity index (χ0v) is 19.0. The first-order chi connectivity index (χ1) is 11.9. The summed E-state index contributed by atoms with van der Waals surface area (Å²) in [4.78, 5) is 21.1. The van der Waals surface area contributed by atoms with Gasteiger partial charge in [-0.25, -0.2) is 0 Å². The topological polar surface area (TPSA) is 49.7 Å². The van der Waals surface area contributed by atoms with Crippen LogP contribution in [0.5, 0.6) is 5.75 Å². The second-order valence-corrected chi connectivity index (χ2v) is 11.7.